The van der Waals surface area contributed by atoms with Crippen LogP contribution in [0, 0.1) is 0 Å². The maximum Gasteiger partial charge on any atom is 0.411 e. The number of amides is 2. The SMILES string of the molecule is COC(=O)N(C1c2ccccc2-c2ccccc21)C(C)N(CC(=O)O)C(=O)Cn1cnc2c(NC(c3ccccc3)(c3ccccc3)c3ccc(OC)cc3)ncnc21. The van der Waals surface area contributed by atoms with Gasteiger partial charge in [-0.05, 0) is 58.0 Å². The number of rotatable bonds is 13. The van der Waals surface area contributed by atoms with Gasteiger partial charge in [0, 0.05) is 0 Å². The number of hydrogen-bond acceptors (Lipinski definition) is 9. The number of anilines is 1. The monoisotopic (exact) mass is 787 g/mol. The highest BCUT2D eigenvalue weighted by Crippen LogP contribution is 2.47. The van der Waals surface area contributed by atoms with Crippen molar-refractivity contribution in [2.24, 2.45) is 0 Å². The normalized spacial score (nSPS) is 12.6. The van der Waals surface area contributed by atoms with Gasteiger partial charge >= 0.3 is 12.1 Å². The van der Waals surface area contributed by atoms with Crippen molar-refractivity contribution in [2.45, 2.75) is 31.2 Å². The Kier molecular flexibility index (Phi) is 10.5. The molecule has 296 valence electrons. The maximum absolute atomic E-state index is 14.4. The second-order valence-corrected chi connectivity index (χ2v) is 14.1. The first-order valence-corrected chi connectivity index (χ1v) is 19.0. The molecule has 0 saturated carbocycles. The van der Waals surface area contributed by atoms with Crippen molar-refractivity contribution in [1.82, 2.24) is 29.3 Å². The van der Waals surface area contributed by atoms with Gasteiger partial charge < -0.3 is 29.4 Å². The van der Waals surface area contributed by atoms with Crippen LogP contribution >= 0.6 is 0 Å². The Labute approximate surface area is 340 Å². The Hall–Kier alpha value is -7.54. The predicted octanol–water partition coefficient (Wildman–Crippen LogP) is 7.34. The van der Waals surface area contributed by atoms with E-state index in [0.29, 0.717) is 22.7 Å². The first kappa shape index (κ1) is 38.3. The number of nitrogens with zero attached hydrogens (tertiary/aromatic N) is 6. The molecule has 8 rings (SSSR count). The summed E-state index contributed by atoms with van der Waals surface area (Å²) < 4.78 is 12.3. The number of fused-ring (bicyclic) bond motifs is 4. The summed E-state index contributed by atoms with van der Waals surface area (Å²) in [7, 11) is 2.89. The lowest BCUT2D eigenvalue weighted by Gasteiger charge is -2.40. The molecule has 1 unspecified atom stereocenters. The zero-order valence-corrected chi connectivity index (χ0v) is 32.6. The van der Waals surface area contributed by atoms with Gasteiger partial charge in [0.2, 0.25) is 5.91 Å². The first-order chi connectivity index (χ1) is 28.7. The molecule has 5 aromatic carbocycles. The first-order valence-electron chi connectivity index (χ1n) is 19.0. The van der Waals surface area contributed by atoms with Crippen LogP contribution in [-0.2, 0) is 26.4 Å². The molecule has 2 N–H and O–H groups in total. The number of methoxy groups -OCH3 is 2. The number of ether oxygens (including phenoxy) is 2. The Morgan fingerprint density at radius 3 is 1.88 bits per heavy atom. The van der Waals surface area contributed by atoms with Gasteiger partial charge in [-0.1, -0.05) is 121 Å². The average Bonchev–Trinajstić information content (AvgIpc) is 3.84. The van der Waals surface area contributed by atoms with Crippen LogP contribution in [0.1, 0.15) is 40.8 Å². The molecule has 7 aromatic rings. The topological polar surface area (TPSA) is 152 Å². The molecule has 13 nitrogen and oxygen atoms in total. The van der Waals surface area contributed by atoms with E-state index >= 15 is 0 Å². The summed E-state index contributed by atoms with van der Waals surface area (Å²) in [5.74, 6) is -0.725. The lowest BCUT2D eigenvalue weighted by atomic mass is 9.77. The molecule has 1 atom stereocenters. The van der Waals surface area contributed by atoms with Crippen molar-refractivity contribution < 1.29 is 29.0 Å². The summed E-state index contributed by atoms with van der Waals surface area (Å²) in [5.41, 5.74) is 6.06. The van der Waals surface area contributed by atoms with E-state index in [9.17, 15) is 19.5 Å². The van der Waals surface area contributed by atoms with E-state index in [0.717, 1.165) is 43.8 Å². The summed E-state index contributed by atoms with van der Waals surface area (Å²) >= 11 is 0. The van der Waals surface area contributed by atoms with E-state index in [1.165, 1.54) is 24.7 Å². The number of aliphatic carboxylic acids is 1. The van der Waals surface area contributed by atoms with E-state index < -0.39 is 42.3 Å². The Bertz CT molecular complexity index is 2550. The number of benzene rings is 5. The Balaban J connectivity index is 1.17. The highest BCUT2D eigenvalue weighted by molar-refractivity contribution is 5.87. The fourth-order valence-electron chi connectivity index (χ4n) is 8.17. The van der Waals surface area contributed by atoms with Crippen LogP contribution in [-0.4, -0.2) is 79.3 Å². The van der Waals surface area contributed by atoms with Gasteiger partial charge in [0.05, 0.1) is 26.6 Å². The van der Waals surface area contributed by atoms with Gasteiger partial charge in [0.25, 0.3) is 0 Å². The minimum Gasteiger partial charge on any atom is -0.497 e. The largest absolute Gasteiger partial charge is 0.497 e. The molecular formula is C46H41N7O6. The number of aromatic nitrogens is 4. The van der Waals surface area contributed by atoms with Crippen molar-refractivity contribution in [1.29, 1.82) is 0 Å². The average molecular weight is 788 g/mol. The minimum atomic E-state index is -1.25. The maximum atomic E-state index is 14.4. The molecule has 2 amide bonds. The summed E-state index contributed by atoms with van der Waals surface area (Å²) in [5, 5.41) is 13.8. The molecule has 13 heteroatoms. The Morgan fingerprint density at radius 1 is 0.763 bits per heavy atom. The third kappa shape index (κ3) is 6.96. The molecule has 0 saturated heterocycles. The number of hydrogen-bond donors (Lipinski definition) is 2. The standard InChI is InChI=1S/C46H41N7O6/c1-30(53(45(57)59-3)42-37-20-12-10-18-35(37)36-19-11-13-21-38(36)42)52(27-40(55)56)39(54)26-51-29-49-41-43(47-28-48-44(41)51)50-46(31-14-6-4-7-15-31,32-16-8-5-9-17-32)33-22-24-34(58-2)25-23-33/h4-25,28-30,42H,26-27H2,1-3H3,(H,55,56)(H,47,48,50). The van der Waals surface area contributed by atoms with Gasteiger partial charge in [-0.15, -0.1) is 0 Å². The van der Waals surface area contributed by atoms with Gasteiger partial charge in [-0.3, -0.25) is 14.5 Å². The van der Waals surface area contributed by atoms with Crippen LogP contribution < -0.4 is 10.1 Å². The van der Waals surface area contributed by atoms with Crippen molar-refractivity contribution in [3.8, 4) is 16.9 Å². The zero-order valence-electron chi connectivity index (χ0n) is 32.6. The van der Waals surface area contributed by atoms with E-state index in [-0.39, 0.29) is 6.54 Å². The lowest BCUT2D eigenvalue weighted by molar-refractivity contribution is -0.149. The zero-order chi connectivity index (χ0) is 41.1. The summed E-state index contributed by atoms with van der Waals surface area (Å²) in [4.78, 5) is 57.1. The highest BCUT2D eigenvalue weighted by Gasteiger charge is 2.42. The highest BCUT2D eigenvalue weighted by atomic mass is 16.5. The molecule has 2 heterocycles. The van der Waals surface area contributed by atoms with Crippen molar-refractivity contribution >= 4 is 35.0 Å². The van der Waals surface area contributed by atoms with E-state index in [2.05, 4.69) is 15.3 Å². The van der Waals surface area contributed by atoms with E-state index in [1.807, 2.05) is 133 Å². The number of nitrogens with one attached hydrogen (secondary N) is 1. The molecule has 59 heavy (non-hydrogen) atoms. The van der Waals surface area contributed by atoms with E-state index in [1.54, 1.807) is 18.6 Å². The molecular weight excluding hydrogens is 747 g/mol. The number of carbonyl (C=O) groups excluding carboxylic acids is 2. The smallest absolute Gasteiger partial charge is 0.411 e. The molecule has 0 fully saturated rings. The molecule has 1 aliphatic rings. The van der Waals surface area contributed by atoms with Crippen LogP contribution in [0.4, 0.5) is 10.6 Å². The number of carboxylic acids is 1. The summed E-state index contributed by atoms with van der Waals surface area (Å²) in [6.45, 7) is 0.609. The fourth-order valence-corrected chi connectivity index (χ4v) is 8.17. The van der Waals surface area contributed by atoms with Gasteiger partial charge in [0.15, 0.2) is 11.5 Å². The second-order valence-electron chi connectivity index (χ2n) is 14.1. The molecule has 0 aliphatic heterocycles. The summed E-state index contributed by atoms with van der Waals surface area (Å²) in [6.07, 6.45) is 1.10. The third-order valence-corrected chi connectivity index (χ3v) is 10.9. The van der Waals surface area contributed by atoms with E-state index in [4.69, 9.17) is 14.5 Å². The van der Waals surface area contributed by atoms with Crippen LogP contribution in [0.3, 0.4) is 0 Å². The number of carbonyl (C=O) groups is 3. The van der Waals surface area contributed by atoms with Crippen LogP contribution in [0.5, 0.6) is 5.75 Å². The second kappa shape index (κ2) is 16.1. The third-order valence-electron chi connectivity index (χ3n) is 10.9. The fraction of sp³-hybridized carbons (Fsp3) is 0.174. The minimum absolute atomic E-state index is 0.335. The molecule has 0 bridgehead atoms. The molecule has 2 aromatic heterocycles. The number of carboxylic acid groups (broad SMARTS) is 1. The van der Waals surface area contributed by atoms with Crippen LogP contribution in [0.25, 0.3) is 22.3 Å². The van der Waals surface area contributed by atoms with Gasteiger partial charge in [0.1, 0.15) is 42.4 Å². The summed E-state index contributed by atoms with van der Waals surface area (Å²) in [6, 6.07) is 42.6. The van der Waals surface area contributed by atoms with Crippen LogP contribution in [0.15, 0.2) is 146 Å². The van der Waals surface area contributed by atoms with Crippen LogP contribution in [0.2, 0.25) is 0 Å². The quantitative estimate of drug-likeness (QED) is 0.0898. The number of imidazole rings is 1. The van der Waals surface area contributed by atoms with Gasteiger partial charge in [-0.25, -0.2) is 19.7 Å². The predicted molar refractivity (Wildman–Crippen MR) is 221 cm³/mol. The molecule has 0 radical (unpaired) electrons. The van der Waals surface area contributed by atoms with Crippen molar-refractivity contribution in [2.75, 3.05) is 26.1 Å². The van der Waals surface area contributed by atoms with Crippen molar-refractivity contribution in [3.63, 3.8) is 0 Å². The van der Waals surface area contributed by atoms with Gasteiger partial charge in [-0.2, -0.15) is 0 Å². The Morgan fingerprint density at radius 2 is 1.32 bits per heavy atom. The molecule has 0 spiro atoms. The lowest BCUT2D eigenvalue weighted by Crippen LogP contribution is -2.54. The van der Waals surface area contributed by atoms with Crippen molar-refractivity contribution in [3.05, 3.63) is 174 Å². The molecule has 1 aliphatic carbocycles.